The fourth-order valence-corrected chi connectivity index (χ4v) is 29.0. The summed E-state index contributed by atoms with van der Waals surface area (Å²) in [5.41, 5.74) is 10.9. The highest BCUT2D eigenvalue weighted by Crippen LogP contribution is 2.84. The molecule has 0 aromatic heterocycles. The first-order valence-corrected chi connectivity index (χ1v) is 37.5. The second-order valence-corrected chi connectivity index (χ2v) is 33.7. The van der Waals surface area contributed by atoms with E-state index in [0.717, 1.165) is 33.4 Å². The monoisotopic (exact) mass is 1300 g/mol. The zero-order valence-corrected chi connectivity index (χ0v) is 54.4. The van der Waals surface area contributed by atoms with Gasteiger partial charge >= 0.3 is 11.9 Å². The highest BCUT2D eigenvalue weighted by Gasteiger charge is 2.67. The molecule has 462 valence electrons. The molecular weight excluding hydrogens is 1270 g/mol. The van der Waals surface area contributed by atoms with E-state index >= 15 is 4.79 Å². The second-order valence-electron chi connectivity index (χ2n) is 33.7. The van der Waals surface area contributed by atoms with E-state index in [1.165, 1.54) is 195 Å². The van der Waals surface area contributed by atoms with Crippen LogP contribution in [0.1, 0.15) is 73.6 Å². The van der Waals surface area contributed by atoms with E-state index in [-0.39, 0.29) is 43.7 Å². The van der Waals surface area contributed by atoms with E-state index in [1.54, 1.807) is 118 Å². The maximum atomic E-state index is 17.9. The van der Waals surface area contributed by atoms with Crippen molar-refractivity contribution in [1.82, 2.24) is 10.6 Å². The zero-order chi connectivity index (χ0) is 64.8. The van der Waals surface area contributed by atoms with Crippen molar-refractivity contribution in [3.05, 3.63) is 201 Å². The maximum absolute atomic E-state index is 17.9. The van der Waals surface area contributed by atoms with Crippen molar-refractivity contribution in [3.8, 4) is 0 Å². The van der Waals surface area contributed by atoms with Crippen molar-refractivity contribution in [3.63, 3.8) is 0 Å². The molecular formula is C98H36N2O4. The van der Waals surface area contributed by atoms with E-state index in [4.69, 9.17) is 9.47 Å². The average Bonchev–Trinajstić information content (AvgIpc) is 1.39. The van der Waals surface area contributed by atoms with Crippen LogP contribution < -0.4 is 10.6 Å². The van der Waals surface area contributed by atoms with Crippen molar-refractivity contribution in [2.24, 2.45) is 0 Å². The van der Waals surface area contributed by atoms with Gasteiger partial charge < -0.3 is 9.47 Å². The topological polar surface area (TPSA) is 76.7 Å². The lowest BCUT2D eigenvalue weighted by Crippen LogP contribution is -2.58. The van der Waals surface area contributed by atoms with E-state index in [2.05, 4.69) is 108 Å². The van der Waals surface area contributed by atoms with E-state index in [9.17, 15) is 4.79 Å². The summed E-state index contributed by atoms with van der Waals surface area (Å²) in [4.78, 5) is 31.5. The number of carbonyl (C=O) groups excluding carboxylic acids is 2. The molecule has 1 atom stereocenters. The Morgan fingerprint density at radius 3 is 0.798 bits per heavy atom. The molecule has 6 nitrogen and oxygen atoms in total. The molecule has 0 heterocycles. The highest BCUT2D eigenvalue weighted by molar-refractivity contribution is 6.82. The fraction of sp³-hybridized carbons (Fsp3) is 0.0816. The summed E-state index contributed by atoms with van der Waals surface area (Å²) in [6.07, 6.45) is 0. The Balaban J connectivity index is 0.668. The third-order valence-electron chi connectivity index (χ3n) is 31.0. The Hall–Kier alpha value is -12.6. The van der Waals surface area contributed by atoms with Gasteiger partial charge in [-0.1, -0.05) is 146 Å². The molecule has 4 aliphatic carbocycles. The minimum Gasteiger partial charge on any atom is -0.460 e. The smallest absolute Gasteiger partial charge is 0.324 e. The van der Waals surface area contributed by atoms with E-state index < -0.39 is 17.5 Å². The van der Waals surface area contributed by atoms with Crippen LogP contribution in [0, 0.1) is 0 Å². The van der Waals surface area contributed by atoms with Gasteiger partial charge in [0.25, 0.3) is 0 Å². The summed E-state index contributed by atoms with van der Waals surface area (Å²) in [5.74, 6) is -0.775. The molecule has 33 aromatic carbocycles. The van der Waals surface area contributed by atoms with Gasteiger partial charge in [0.2, 0.25) is 0 Å². The van der Waals surface area contributed by atoms with E-state index in [1.807, 2.05) is 48.5 Å². The quantitative estimate of drug-likeness (QED) is 0.0787. The maximum Gasteiger partial charge on any atom is 0.324 e. The number of rotatable bonds is 15. The lowest BCUT2D eigenvalue weighted by molar-refractivity contribution is -0.149. The third-order valence-corrected chi connectivity index (χ3v) is 31.0. The van der Waals surface area contributed by atoms with Gasteiger partial charge in [-0.15, -0.1) is 0 Å². The number of esters is 2. The van der Waals surface area contributed by atoms with Crippen molar-refractivity contribution >= 4 is 303 Å². The van der Waals surface area contributed by atoms with E-state index in [0.29, 0.717) is 0 Å². The number of benzene rings is 23. The average molecular weight is 1310 g/mol. The molecule has 6 heteroatoms. The SMILES string of the molecule is O=C(CNC(c1ccccc1)c1ccccc1)OCc1ccc(COC(=O)C(NC(c2ccccc2)c2ccccc2)C23c4c5c6c7c8c9c(c%10c%11c2c2c4c4c%12c5c5c6c6c8c8c%13c9c9c%10c%10c%11c%11c2c2c4c4c%12c%12c5c5c6c8c6c8c%13c9c9c%10c%10c%11c2c2c4c4c%12c5c6c5c8c9c%10c2c45)C73)cc1. The summed E-state index contributed by atoms with van der Waals surface area (Å²) < 4.78 is 13.4. The Labute approximate surface area is 579 Å². The molecule has 0 amide bonds. The molecule has 0 bridgehead atoms. The molecule has 4 aliphatic rings. The first-order valence-electron chi connectivity index (χ1n) is 37.5. The first kappa shape index (κ1) is 46.8. The second kappa shape index (κ2) is 13.2. The van der Waals surface area contributed by atoms with Crippen LogP contribution in [0.15, 0.2) is 146 Å². The van der Waals surface area contributed by atoms with Crippen LogP contribution in [0.2, 0.25) is 0 Å². The van der Waals surface area contributed by atoms with Crippen molar-refractivity contribution < 1.29 is 19.1 Å². The number of nitrogens with one attached hydrogen (secondary N) is 2. The third kappa shape index (κ3) is 3.60. The first-order chi connectivity index (χ1) is 51.6. The number of carbonyl (C=O) groups is 2. The molecule has 1 unspecified atom stereocenters. The van der Waals surface area contributed by atoms with Crippen LogP contribution in [0.4, 0.5) is 0 Å². The highest BCUT2D eigenvalue weighted by atomic mass is 16.5. The molecule has 0 spiro atoms. The normalized spacial score (nSPS) is 18.0. The van der Waals surface area contributed by atoms with Crippen molar-refractivity contribution in [2.75, 3.05) is 6.54 Å². The summed E-state index contributed by atoms with van der Waals surface area (Å²) in [6, 6.07) is 49.2. The summed E-state index contributed by atoms with van der Waals surface area (Å²) >= 11 is 0. The van der Waals surface area contributed by atoms with Crippen molar-refractivity contribution in [2.45, 2.75) is 42.7 Å². The summed E-state index contributed by atoms with van der Waals surface area (Å²) in [5, 5.41) is 90.6. The van der Waals surface area contributed by atoms with Crippen LogP contribution >= 0.6 is 0 Å². The number of ether oxygens (including phenoxy) is 2. The van der Waals surface area contributed by atoms with Crippen LogP contribution in [0.25, 0.3) is 291 Å². The standard InChI is InChI=1S/C98H36N2O4/c101-34(25-99-94(30-13-5-1-6-14-30)31-15-7-2-8-16-31)103-26-28-21-23-29(24-22-28)27-104-97(102)96(100-95(32-17-9-3-10-18-32)33-19-11-4-12-20-33)98-91-87-81-67-59-51-39-36-35-37-40(39)52-54-50-44(37)46-42-38(35)41-45-43(36)49-53(51)65(67)73-71-57(49)55(45)63-61-47(41)48(42)62-64-56(46)58(50)72-74-66(54)68(60(52)59)82(81)88(91)84(74)86-78(72)76(64)80-70(62)69(61)79-75(63)77(71)85(83(73)87)92(98)89(79)90(80)93(86)98/h1-24,91,94-96,99-100H,25-27H2. The molecule has 0 saturated heterocycles. The number of hydrogen-bond acceptors (Lipinski definition) is 6. The zero-order valence-electron chi connectivity index (χ0n) is 54.4. The van der Waals surface area contributed by atoms with Crippen molar-refractivity contribution in [1.29, 1.82) is 0 Å². The largest absolute Gasteiger partial charge is 0.460 e. The Kier molecular flexibility index (Phi) is 5.92. The fourth-order valence-electron chi connectivity index (χ4n) is 29.0. The van der Waals surface area contributed by atoms with Gasteiger partial charge in [0.15, 0.2) is 0 Å². The van der Waals surface area contributed by atoms with Gasteiger partial charge in [-0.2, -0.15) is 0 Å². The predicted molar refractivity (Wildman–Crippen MR) is 425 cm³/mol. The molecule has 37 rings (SSSR count). The summed E-state index contributed by atoms with van der Waals surface area (Å²) in [6.45, 7) is 0.235. The Morgan fingerprint density at radius 1 is 0.279 bits per heavy atom. The molecule has 0 aliphatic heterocycles. The van der Waals surface area contributed by atoms with Gasteiger partial charge in [0.05, 0.1) is 24.0 Å². The van der Waals surface area contributed by atoms with Crippen LogP contribution in [-0.2, 0) is 37.7 Å². The lowest BCUT2D eigenvalue weighted by Gasteiger charge is -2.49. The number of hydrogen-bond donors (Lipinski definition) is 2. The molecule has 0 fully saturated rings. The summed E-state index contributed by atoms with van der Waals surface area (Å²) in [7, 11) is 0. The van der Waals surface area contributed by atoms with Gasteiger partial charge in [-0.05, 0) is 346 Å². The Bertz CT molecular complexity index is 9000. The Morgan fingerprint density at radius 2 is 0.510 bits per heavy atom. The molecule has 33 aromatic rings. The molecule has 0 saturated carbocycles. The van der Waals surface area contributed by atoms with Gasteiger partial charge in [-0.3, -0.25) is 20.2 Å². The van der Waals surface area contributed by atoms with Gasteiger partial charge in [-0.25, -0.2) is 0 Å². The van der Waals surface area contributed by atoms with Gasteiger partial charge in [0, 0.05) is 5.92 Å². The molecule has 0 radical (unpaired) electrons. The van der Waals surface area contributed by atoms with Gasteiger partial charge in [0.1, 0.15) is 19.3 Å². The molecule has 2 N–H and O–H groups in total. The van der Waals surface area contributed by atoms with Crippen LogP contribution in [0.3, 0.4) is 0 Å². The molecule has 104 heavy (non-hydrogen) atoms. The van der Waals surface area contributed by atoms with Crippen LogP contribution in [0.5, 0.6) is 0 Å². The van der Waals surface area contributed by atoms with Crippen LogP contribution in [-0.4, -0.2) is 24.5 Å². The predicted octanol–water partition coefficient (Wildman–Crippen LogP) is 23.1. The minimum atomic E-state index is -0.991. The minimum absolute atomic E-state index is 0.0471. The lowest BCUT2D eigenvalue weighted by atomic mass is 9.54.